The van der Waals surface area contributed by atoms with Crippen molar-refractivity contribution in [3.8, 4) is 0 Å². The zero-order chi connectivity index (χ0) is 22.4. The van der Waals surface area contributed by atoms with E-state index in [0.717, 1.165) is 6.20 Å². The number of rotatable bonds is 6. The second kappa shape index (κ2) is 7.75. The van der Waals surface area contributed by atoms with Crippen LogP contribution in [0.5, 0.6) is 0 Å². The molecule has 0 aromatic carbocycles. The van der Waals surface area contributed by atoms with Gasteiger partial charge in [0.15, 0.2) is 0 Å². The van der Waals surface area contributed by atoms with Crippen molar-refractivity contribution in [1.82, 2.24) is 9.55 Å². The molecule has 0 bridgehead atoms. The van der Waals surface area contributed by atoms with Crippen LogP contribution in [0.4, 0.5) is 4.39 Å². The van der Waals surface area contributed by atoms with Crippen LogP contribution in [-0.2, 0) is 26.5 Å². The number of carbonyl (C=O) groups excluding carboxylic acids is 1. The second-order valence-electron chi connectivity index (χ2n) is 7.23. The molecule has 29 heavy (non-hydrogen) atoms. The van der Waals surface area contributed by atoms with Crippen LogP contribution in [0.2, 0.25) is 0 Å². The van der Waals surface area contributed by atoms with Gasteiger partial charge >= 0.3 is 11.7 Å². The highest BCUT2D eigenvalue weighted by atomic mass is 19.2. The summed E-state index contributed by atoms with van der Waals surface area (Å²) in [5.41, 5.74) is 0.616. The van der Waals surface area contributed by atoms with Gasteiger partial charge in [0.2, 0.25) is 5.85 Å². The maximum Gasteiger partial charge on any atom is 0.330 e. The van der Waals surface area contributed by atoms with E-state index < -0.39 is 59.3 Å². The average molecular weight is 405 g/mol. The number of halogens is 1. The molecule has 1 fully saturated rings. The highest BCUT2D eigenvalue weighted by Gasteiger charge is 2.62. The lowest BCUT2D eigenvalue weighted by molar-refractivity contribution is -0.232. The number of carbonyl (C=O) groups is 1. The summed E-state index contributed by atoms with van der Waals surface area (Å²) >= 11 is 0. The van der Waals surface area contributed by atoms with Gasteiger partial charge in [-0.2, -0.15) is 0 Å². The van der Waals surface area contributed by atoms with E-state index in [1.54, 1.807) is 13.8 Å². The van der Waals surface area contributed by atoms with Crippen molar-refractivity contribution in [2.45, 2.75) is 55.9 Å². The third-order valence-electron chi connectivity index (χ3n) is 4.66. The number of aliphatic hydroxyl groups is 2. The number of nitrogens with one attached hydrogen (secondary N) is 1. The predicted octanol–water partition coefficient (Wildman–Crippen LogP) is -3.23. The molecule has 0 amide bonds. The summed E-state index contributed by atoms with van der Waals surface area (Å²) < 4.78 is 25.7. The van der Waals surface area contributed by atoms with E-state index >= 15 is 4.39 Å². The van der Waals surface area contributed by atoms with Gasteiger partial charge in [0.25, 0.3) is 5.56 Å². The zero-order valence-corrected chi connectivity index (χ0v) is 15.8. The van der Waals surface area contributed by atoms with E-state index in [-0.39, 0.29) is 11.5 Å². The molecule has 10 nitrogen and oxygen atoms in total. The number of nitrogens with two attached hydrogens (primary N) is 1. The molecular weight excluding hydrogens is 386 g/mol. The number of nitrogens with zero attached hydrogens (tertiary/aromatic N) is 1. The molecule has 0 spiro atoms. The van der Waals surface area contributed by atoms with Gasteiger partial charge in [-0.25, -0.2) is 9.18 Å². The zero-order valence-electron chi connectivity index (χ0n) is 15.8. The fraction of sp³-hybridized carbons (Fsp3) is 0.667. The van der Waals surface area contributed by atoms with Crippen molar-refractivity contribution in [1.29, 1.82) is 0 Å². The number of aliphatic hydroxyl groups excluding tert-OH is 2. The smallest absolute Gasteiger partial charge is 0.330 e. The molecule has 6 radical (unpaired) electrons. The Morgan fingerprint density at radius 1 is 1.55 bits per heavy atom. The molecule has 14 heteroatoms. The first-order valence-electron chi connectivity index (χ1n) is 8.57. The largest absolute Gasteiger partial charge is 0.473 e. The Morgan fingerprint density at radius 3 is 2.66 bits per heavy atom. The van der Waals surface area contributed by atoms with E-state index in [2.05, 4.69) is 0 Å². The number of aromatic nitrogens is 2. The van der Waals surface area contributed by atoms with Gasteiger partial charge in [0.1, 0.15) is 35.2 Å². The van der Waals surface area contributed by atoms with Crippen LogP contribution >= 0.6 is 0 Å². The van der Waals surface area contributed by atoms with E-state index in [0.29, 0.717) is 4.57 Å². The van der Waals surface area contributed by atoms with Gasteiger partial charge in [-0.05, 0) is 5.92 Å². The van der Waals surface area contributed by atoms with E-state index in [4.69, 9.17) is 38.7 Å². The molecule has 2 rings (SSSR count). The third kappa shape index (κ3) is 4.07. The van der Waals surface area contributed by atoms with Gasteiger partial charge < -0.3 is 25.4 Å². The van der Waals surface area contributed by atoms with Crippen molar-refractivity contribution in [3.63, 3.8) is 0 Å². The standard InChI is InChI=1S/C15H19B3FN3O7/c1-6(2)9(20)11(26)28-15(17,18)13(19)3-8(24)14(16,29-13)22-4-7(5-23)10(25)21-12(22)27/h4,6,8-9,23-24H,3,5,20H2,1-2H3,(H,21,25,27)/t8-,9+,13+,14+/m1/s1. The Kier molecular flexibility index (Phi) is 6.25. The predicted molar refractivity (Wildman–Crippen MR) is 99.7 cm³/mol. The molecule has 0 unspecified atom stereocenters. The quantitative estimate of drug-likeness (QED) is 0.285. The van der Waals surface area contributed by atoms with Gasteiger partial charge in [0.05, 0.1) is 23.7 Å². The van der Waals surface area contributed by atoms with Gasteiger partial charge in [-0.1, -0.05) is 13.8 Å². The van der Waals surface area contributed by atoms with Crippen LogP contribution in [0.25, 0.3) is 0 Å². The van der Waals surface area contributed by atoms with E-state index in [1.807, 2.05) is 4.98 Å². The summed E-state index contributed by atoms with van der Waals surface area (Å²) in [6, 6.07) is -1.17. The summed E-state index contributed by atoms with van der Waals surface area (Å²) in [6.45, 7) is 2.42. The molecule has 0 saturated carbocycles. The van der Waals surface area contributed by atoms with Crippen molar-refractivity contribution < 1.29 is 28.9 Å². The van der Waals surface area contributed by atoms with E-state index in [9.17, 15) is 24.6 Å². The number of hydrogen-bond donors (Lipinski definition) is 4. The first-order valence-corrected chi connectivity index (χ1v) is 8.57. The number of ether oxygens (including phenoxy) is 2. The minimum absolute atomic E-state index is 0.317. The number of aromatic amines is 1. The van der Waals surface area contributed by atoms with Crippen molar-refractivity contribution in [2.75, 3.05) is 0 Å². The first kappa shape index (κ1) is 23.4. The molecule has 1 saturated heterocycles. The topological polar surface area (TPSA) is 157 Å². The Morgan fingerprint density at radius 2 is 2.14 bits per heavy atom. The summed E-state index contributed by atoms with van der Waals surface area (Å²) in [6.07, 6.45) is -2.14. The first-order chi connectivity index (χ1) is 13.2. The van der Waals surface area contributed by atoms with Gasteiger partial charge in [-0.3, -0.25) is 19.1 Å². The minimum Gasteiger partial charge on any atom is -0.473 e. The van der Waals surface area contributed by atoms with Crippen molar-refractivity contribution in [2.24, 2.45) is 11.7 Å². The SMILES string of the molecule is [B]C([B])(OC(=O)[C@@H](N)C(C)C)[C@]1(F)C[C@@H](O)[C@]([B])(n2cc(CO)c(=O)[nH]c2=O)O1. The monoisotopic (exact) mass is 405 g/mol. The molecular formula is C15H19B3FN3O7. The number of H-pyrrole nitrogens is 1. The maximum absolute atomic E-state index is 15.5. The molecule has 1 aliphatic rings. The lowest BCUT2D eigenvalue weighted by atomic mass is 9.59. The van der Waals surface area contributed by atoms with Crippen LogP contribution in [0.1, 0.15) is 25.8 Å². The molecule has 5 N–H and O–H groups in total. The number of hydrogen-bond acceptors (Lipinski definition) is 8. The molecule has 152 valence electrons. The van der Waals surface area contributed by atoms with Gasteiger partial charge in [0, 0.05) is 12.6 Å². The minimum atomic E-state index is -3.25. The Hall–Kier alpha value is -1.89. The van der Waals surface area contributed by atoms with Crippen LogP contribution in [0.15, 0.2) is 15.8 Å². The van der Waals surface area contributed by atoms with Crippen LogP contribution in [0, 0.1) is 5.92 Å². The maximum atomic E-state index is 15.5. The van der Waals surface area contributed by atoms with E-state index in [1.165, 1.54) is 0 Å². The fourth-order valence-corrected chi connectivity index (χ4v) is 2.68. The number of alkyl halides is 1. The summed E-state index contributed by atoms with van der Waals surface area (Å²) in [5.74, 6) is -4.75. The Bertz CT molecular complexity index is 908. The second-order valence-corrected chi connectivity index (χ2v) is 7.23. The Labute approximate surface area is 168 Å². The van der Waals surface area contributed by atoms with Crippen molar-refractivity contribution >= 4 is 29.5 Å². The average Bonchev–Trinajstić information content (AvgIpc) is 2.84. The fourth-order valence-electron chi connectivity index (χ4n) is 2.68. The summed E-state index contributed by atoms with van der Waals surface area (Å²) in [4.78, 5) is 37.6. The van der Waals surface area contributed by atoms with Crippen molar-refractivity contribution in [3.05, 3.63) is 32.6 Å². The lowest BCUT2D eigenvalue weighted by Gasteiger charge is -2.40. The lowest BCUT2D eigenvalue weighted by Crippen LogP contribution is -2.59. The summed E-state index contributed by atoms with van der Waals surface area (Å²) in [5, 5.41) is 16.6. The number of esters is 1. The van der Waals surface area contributed by atoms with Crippen LogP contribution in [-0.4, -0.2) is 72.7 Å². The summed E-state index contributed by atoms with van der Waals surface area (Å²) in [7, 11) is 17.1. The molecule has 1 aliphatic heterocycles. The van der Waals surface area contributed by atoms with Gasteiger partial charge in [-0.15, -0.1) is 0 Å². The molecule has 0 aliphatic carbocycles. The molecule has 4 atom stereocenters. The Balaban J connectivity index is 2.41. The highest BCUT2D eigenvalue weighted by molar-refractivity contribution is 6.40. The highest BCUT2D eigenvalue weighted by Crippen LogP contribution is 2.45. The molecule has 1 aromatic rings. The molecule has 2 heterocycles. The molecule has 1 aromatic heterocycles. The van der Waals surface area contributed by atoms with Crippen LogP contribution < -0.4 is 17.0 Å². The normalized spacial score (nSPS) is 28.4. The van der Waals surface area contributed by atoms with Crippen LogP contribution in [0.3, 0.4) is 0 Å². The third-order valence-corrected chi connectivity index (χ3v) is 4.66.